The van der Waals surface area contributed by atoms with Crippen LogP contribution in [0.4, 0.5) is 0 Å². The van der Waals surface area contributed by atoms with Gasteiger partial charge in [-0.05, 0) is 68.6 Å². The van der Waals surface area contributed by atoms with Gasteiger partial charge in [-0.2, -0.15) is 5.10 Å². The summed E-state index contributed by atoms with van der Waals surface area (Å²) in [6.45, 7) is 6.93. The molecular formula is C28H32ClN5. The molecule has 5 nitrogen and oxygen atoms in total. The molecule has 0 aliphatic carbocycles. The molecule has 1 aliphatic rings. The molecule has 1 fully saturated rings. The van der Waals surface area contributed by atoms with Crippen molar-refractivity contribution in [1.29, 1.82) is 0 Å². The summed E-state index contributed by atoms with van der Waals surface area (Å²) in [5.74, 6) is 0.449. The predicted octanol–water partition coefficient (Wildman–Crippen LogP) is 5.40. The van der Waals surface area contributed by atoms with E-state index in [9.17, 15) is 0 Å². The molecule has 2 aromatic heterocycles. The fraction of sp³-hybridized carbons (Fsp3) is 0.357. The monoisotopic (exact) mass is 473 g/mol. The van der Waals surface area contributed by atoms with Crippen molar-refractivity contribution in [3.05, 3.63) is 100.0 Å². The van der Waals surface area contributed by atoms with Crippen LogP contribution in [0, 0.1) is 6.92 Å². The lowest BCUT2D eigenvalue weighted by atomic mass is 9.94. The zero-order valence-electron chi connectivity index (χ0n) is 19.8. The van der Waals surface area contributed by atoms with Crippen LogP contribution in [0.1, 0.15) is 46.8 Å². The number of hydrogen-bond acceptors (Lipinski definition) is 4. The van der Waals surface area contributed by atoms with Crippen LogP contribution in [0.25, 0.3) is 5.65 Å². The molecule has 0 radical (unpaired) electrons. The number of fused-ring (bicyclic) bond motifs is 1. The van der Waals surface area contributed by atoms with Crippen molar-refractivity contribution in [2.45, 2.75) is 45.2 Å². The van der Waals surface area contributed by atoms with Crippen LogP contribution in [-0.4, -0.2) is 39.1 Å². The molecule has 176 valence electrons. The van der Waals surface area contributed by atoms with Gasteiger partial charge in [0.1, 0.15) is 0 Å². The van der Waals surface area contributed by atoms with Gasteiger partial charge in [0.25, 0.3) is 0 Å². The Morgan fingerprint density at radius 2 is 1.85 bits per heavy atom. The van der Waals surface area contributed by atoms with Crippen molar-refractivity contribution in [3.63, 3.8) is 0 Å². The fourth-order valence-electron chi connectivity index (χ4n) is 5.01. The van der Waals surface area contributed by atoms with Crippen molar-refractivity contribution < 1.29 is 0 Å². The SMILES string of the molecule is Cc1nn2c(C3CCCN(Cc4ccc(Cl)cc4)C3)ccnc2c1CNCCc1ccccc1. The Morgan fingerprint density at radius 3 is 2.68 bits per heavy atom. The van der Waals surface area contributed by atoms with Crippen molar-refractivity contribution in [3.8, 4) is 0 Å². The van der Waals surface area contributed by atoms with Gasteiger partial charge in [-0.1, -0.05) is 54.1 Å². The van der Waals surface area contributed by atoms with E-state index >= 15 is 0 Å². The average molecular weight is 474 g/mol. The normalized spacial score (nSPS) is 16.8. The summed E-state index contributed by atoms with van der Waals surface area (Å²) in [6.07, 6.45) is 5.34. The third-order valence-electron chi connectivity index (χ3n) is 6.82. The number of nitrogens with one attached hydrogen (secondary N) is 1. The summed E-state index contributed by atoms with van der Waals surface area (Å²) >= 11 is 6.06. The van der Waals surface area contributed by atoms with Crippen LogP contribution in [0.5, 0.6) is 0 Å². The van der Waals surface area contributed by atoms with Crippen molar-refractivity contribution >= 4 is 17.2 Å². The highest BCUT2D eigenvalue weighted by molar-refractivity contribution is 6.30. The van der Waals surface area contributed by atoms with E-state index in [1.807, 2.05) is 18.3 Å². The van der Waals surface area contributed by atoms with Gasteiger partial charge in [-0.25, -0.2) is 9.50 Å². The van der Waals surface area contributed by atoms with Crippen molar-refractivity contribution in [2.75, 3.05) is 19.6 Å². The van der Waals surface area contributed by atoms with Gasteiger partial charge in [0.05, 0.1) is 11.4 Å². The molecule has 2 aromatic carbocycles. The summed E-state index contributed by atoms with van der Waals surface area (Å²) in [5.41, 5.74) is 7.17. The first kappa shape index (κ1) is 23.0. The fourth-order valence-corrected chi connectivity index (χ4v) is 5.14. The Hall–Kier alpha value is -2.73. The van der Waals surface area contributed by atoms with Gasteiger partial charge in [0.15, 0.2) is 5.65 Å². The summed E-state index contributed by atoms with van der Waals surface area (Å²) in [5, 5.41) is 9.31. The standard InChI is InChI=1S/C28H32ClN5/c1-21-26(18-30-15-13-22-6-3-2-4-7-22)28-31-16-14-27(34(28)32-21)24-8-5-17-33(20-24)19-23-9-11-25(29)12-10-23/h2-4,6-7,9-12,14,16,24,30H,5,8,13,15,17-20H2,1H3. The van der Waals surface area contributed by atoms with E-state index in [0.29, 0.717) is 5.92 Å². The Kier molecular flexibility index (Phi) is 7.24. The largest absolute Gasteiger partial charge is 0.312 e. The van der Waals surface area contributed by atoms with Crippen LogP contribution in [0.3, 0.4) is 0 Å². The topological polar surface area (TPSA) is 45.5 Å². The summed E-state index contributed by atoms with van der Waals surface area (Å²) in [4.78, 5) is 7.27. The first-order chi connectivity index (χ1) is 16.7. The van der Waals surface area contributed by atoms with Crippen LogP contribution < -0.4 is 5.32 Å². The van der Waals surface area contributed by atoms with Crippen LogP contribution in [0.15, 0.2) is 66.9 Å². The molecule has 6 heteroatoms. The number of rotatable bonds is 8. The number of aryl methyl sites for hydroxylation is 1. The van der Waals surface area contributed by atoms with Crippen LogP contribution in [0.2, 0.25) is 5.02 Å². The highest BCUT2D eigenvalue weighted by Crippen LogP contribution is 2.29. The third-order valence-corrected chi connectivity index (χ3v) is 7.07. The summed E-state index contributed by atoms with van der Waals surface area (Å²) < 4.78 is 2.10. The quantitative estimate of drug-likeness (QED) is 0.348. The molecule has 1 atom stereocenters. The molecule has 1 N–H and O–H groups in total. The Bertz CT molecular complexity index is 1220. The smallest absolute Gasteiger partial charge is 0.159 e. The number of aromatic nitrogens is 3. The van der Waals surface area contributed by atoms with E-state index in [0.717, 1.165) is 55.5 Å². The van der Waals surface area contributed by atoms with Gasteiger partial charge in [0.2, 0.25) is 0 Å². The van der Waals surface area contributed by atoms with Gasteiger partial charge >= 0.3 is 0 Å². The van der Waals surface area contributed by atoms with E-state index in [1.54, 1.807) is 0 Å². The third kappa shape index (κ3) is 5.33. The molecule has 3 heterocycles. The number of piperidine rings is 1. The zero-order chi connectivity index (χ0) is 23.3. The molecule has 0 bridgehead atoms. The van der Waals surface area contributed by atoms with E-state index in [2.05, 4.69) is 70.2 Å². The average Bonchev–Trinajstić information content (AvgIpc) is 3.19. The minimum atomic E-state index is 0.449. The second kappa shape index (κ2) is 10.7. The predicted molar refractivity (Wildman–Crippen MR) is 138 cm³/mol. The van der Waals surface area contributed by atoms with Crippen LogP contribution >= 0.6 is 11.6 Å². The minimum Gasteiger partial charge on any atom is -0.312 e. The molecular weight excluding hydrogens is 442 g/mol. The molecule has 0 amide bonds. The van der Waals surface area contributed by atoms with E-state index in [1.165, 1.54) is 35.2 Å². The maximum Gasteiger partial charge on any atom is 0.159 e. The first-order valence-corrected chi connectivity index (χ1v) is 12.6. The second-order valence-electron chi connectivity index (χ2n) is 9.28. The maximum absolute atomic E-state index is 6.06. The van der Waals surface area contributed by atoms with E-state index < -0.39 is 0 Å². The molecule has 1 saturated heterocycles. The van der Waals surface area contributed by atoms with Gasteiger partial charge < -0.3 is 5.32 Å². The molecule has 1 unspecified atom stereocenters. The van der Waals surface area contributed by atoms with Crippen molar-refractivity contribution in [1.82, 2.24) is 24.8 Å². The Morgan fingerprint density at radius 1 is 1.03 bits per heavy atom. The molecule has 4 aromatic rings. The van der Waals surface area contributed by atoms with Crippen LogP contribution in [-0.2, 0) is 19.5 Å². The van der Waals surface area contributed by atoms with Gasteiger partial charge in [0, 0.05) is 42.3 Å². The highest BCUT2D eigenvalue weighted by Gasteiger charge is 2.25. The number of halogens is 1. The second-order valence-corrected chi connectivity index (χ2v) is 9.72. The van der Waals surface area contributed by atoms with Crippen molar-refractivity contribution in [2.24, 2.45) is 0 Å². The Labute approximate surface area is 206 Å². The van der Waals surface area contributed by atoms with Gasteiger partial charge in [-0.15, -0.1) is 0 Å². The lowest BCUT2D eigenvalue weighted by Crippen LogP contribution is -2.34. The number of benzene rings is 2. The number of hydrogen-bond donors (Lipinski definition) is 1. The Balaban J connectivity index is 1.27. The molecule has 0 saturated carbocycles. The lowest BCUT2D eigenvalue weighted by Gasteiger charge is -2.33. The lowest BCUT2D eigenvalue weighted by molar-refractivity contribution is 0.197. The molecule has 34 heavy (non-hydrogen) atoms. The molecule has 0 spiro atoms. The van der Waals surface area contributed by atoms with E-state index in [-0.39, 0.29) is 0 Å². The molecule has 5 rings (SSSR count). The number of likely N-dealkylation sites (tertiary alicyclic amines) is 1. The maximum atomic E-state index is 6.06. The highest BCUT2D eigenvalue weighted by atomic mass is 35.5. The number of nitrogens with zero attached hydrogens (tertiary/aromatic N) is 4. The zero-order valence-corrected chi connectivity index (χ0v) is 20.5. The summed E-state index contributed by atoms with van der Waals surface area (Å²) in [6, 6.07) is 21.0. The summed E-state index contributed by atoms with van der Waals surface area (Å²) in [7, 11) is 0. The van der Waals surface area contributed by atoms with Gasteiger partial charge in [-0.3, -0.25) is 4.90 Å². The van der Waals surface area contributed by atoms with E-state index in [4.69, 9.17) is 21.7 Å². The molecule has 1 aliphatic heterocycles. The first-order valence-electron chi connectivity index (χ1n) is 12.2. The minimum absolute atomic E-state index is 0.449.